The molecule has 1 saturated heterocycles. The highest BCUT2D eigenvalue weighted by molar-refractivity contribution is 8.02. The van der Waals surface area contributed by atoms with Crippen molar-refractivity contribution >= 4 is 29.5 Å². The van der Waals surface area contributed by atoms with Crippen molar-refractivity contribution < 1.29 is 19.5 Å². The molecule has 1 unspecified atom stereocenters. The van der Waals surface area contributed by atoms with Gasteiger partial charge in [0.15, 0.2) is 0 Å². The minimum absolute atomic E-state index is 0.0697. The molecule has 1 aliphatic heterocycles. The molecule has 5 nitrogen and oxygen atoms in total. The molecule has 2 N–H and O–H groups in total. The number of carbonyl (C=O) groups is 3. The van der Waals surface area contributed by atoms with E-state index in [-0.39, 0.29) is 12.3 Å². The van der Waals surface area contributed by atoms with E-state index in [1.165, 1.54) is 13.8 Å². The van der Waals surface area contributed by atoms with Gasteiger partial charge >= 0.3 is 5.97 Å². The lowest BCUT2D eigenvalue weighted by Gasteiger charge is -2.20. The maximum absolute atomic E-state index is 11.1. The highest BCUT2D eigenvalue weighted by atomic mass is 32.2. The van der Waals surface area contributed by atoms with Crippen LogP contribution in [0.3, 0.4) is 0 Å². The molecule has 0 saturated carbocycles. The molecule has 1 heterocycles. The van der Waals surface area contributed by atoms with Crippen LogP contribution < -0.4 is 5.32 Å². The van der Waals surface area contributed by atoms with Gasteiger partial charge in [0.1, 0.15) is 4.75 Å². The molecule has 0 spiro atoms. The lowest BCUT2D eigenvalue weighted by molar-refractivity contribution is -0.138. The van der Waals surface area contributed by atoms with Crippen molar-refractivity contribution in [2.75, 3.05) is 0 Å². The number of imide groups is 1. The van der Waals surface area contributed by atoms with E-state index < -0.39 is 21.9 Å². The second kappa shape index (κ2) is 3.61. The van der Waals surface area contributed by atoms with Crippen molar-refractivity contribution in [2.24, 2.45) is 0 Å². The highest BCUT2D eigenvalue weighted by Gasteiger charge is 2.39. The SMILES string of the molecule is CC(C)(SC1CC(=O)NC1=O)C(=O)O. The summed E-state index contributed by atoms with van der Waals surface area (Å²) in [5.41, 5.74) is 0. The lowest BCUT2D eigenvalue weighted by Crippen LogP contribution is -2.32. The molecule has 0 aromatic heterocycles. The van der Waals surface area contributed by atoms with E-state index in [2.05, 4.69) is 5.32 Å². The number of rotatable bonds is 3. The van der Waals surface area contributed by atoms with Crippen LogP contribution in [0.2, 0.25) is 0 Å². The van der Waals surface area contributed by atoms with Gasteiger partial charge in [0, 0.05) is 6.42 Å². The smallest absolute Gasteiger partial charge is 0.319 e. The quantitative estimate of drug-likeness (QED) is 0.650. The Labute approximate surface area is 85.2 Å². The van der Waals surface area contributed by atoms with Gasteiger partial charge in [0.2, 0.25) is 11.8 Å². The van der Waals surface area contributed by atoms with Gasteiger partial charge in [-0.2, -0.15) is 0 Å². The summed E-state index contributed by atoms with van der Waals surface area (Å²) < 4.78 is -1.05. The number of hydrogen-bond donors (Lipinski definition) is 2. The number of amides is 2. The number of thioether (sulfide) groups is 1. The molecule has 14 heavy (non-hydrogen) atoms. The predicted molar refractivity (Wildman–Crippen MR) is 50.9 cm³/mol. The minimum atomic E-state index is -1.05. The molecule has 2 amide bonds. The lowest BCUT2D eigenvalue weighted by atomic mass is 10.2. The zero-order chi connectivity index (χ0) is 10.9. The first-order valence-corrected chi connectivity index (χ1v) is 4.96. The summed E-state index contributed by atoms with van der Waals surface area (Å²) >= 11 is 0.997. The number of hydrogen-bond acceptors (Lipinski definition) is 4. The third-order valence-electron chi connectivity index (χ3n) is 1.88. The third kappa shape index (κ3) is 2.25. The van der Waals surface area contributed by atoms with Gasteiger partial charge in [-0.15, -0.1) is 11.8 Å². The Morgan fingerprint density at radius 2 is 2.14 bits per heavy atom. The first-order valence-electron chi connectivity index (χ1n) is 4.08. The highest BCUT2D eigenvalue weighted by Crippen LogP contribution is 2.32. The summed E-state index contributed by atoms with van der Waals surface area (Å²) in [6, 6.07) is 0. The Morgan fingerprint density at radius 1 is 1.57 bits per heavy atom. The Morgan fingerprint density at radius 3 is 2.50 bits per heavy atom. The zero-order valence-corrected chi connectivity index (χ0v) is 8.68. The Kier molecular flexibility index (Phi) is 2.84. The van der Waals surface area contributed by atoms with Gasteiger partial charge in [-0.05, 0) is 13.8 Å². The van der Waals surface area contributed by atoms with Gasteiger partial charge in [-0.1, -0.05) is 0 Å². The van der Waals surface area contributed by atoms with E-state index in [1.54, 1.807) is 0 Å². The fraction of sp³-hybridized carbons (Fsp3) is 0.625. The fourth-order valence-corrected chi connectivity index (χ4v) is 2.24. The van der Waals surface area contributed by atoms with Crippen molar-refractivity contribution in [3.05, 3.63) is 0 Å². The van der Waals surface area contributed by atoms with Crippen LogP contribution in [0.15, 0.2) is 0 Å². The molecular formula is C8H11NO4S. The Balaban J connectivity index is 2.65. The summed E-state index contributed by atoms with van der Waals surface area (Å²) in [6.07, 6.45) is 0.0697. The normalized spacial score (nSPS) is 22.3. The van der Waals surface area contributed by atoms with Crippen molar-refractivity contribution in [3.8, 4) is 0 Å². The number of aliphatic carboxylic acids is 1. The maximum atomic E-state index is 11.1. The maximum Gasteiger partial charge on any atom is 0.319 e. The van der Waals surface area contributed by atoms with Crippen LogP contribution in [0.1, 0.15) is 20.3 Å². The molecule has 78 valence electrons. The standard InChI is InChI=1S/C8H11NO4S/c1-8(2,7(12)13)14-4-3-5(10)9-6(4)11/h4H,3H2,1-2H3,(H,12,13)(H,9,10,11). The van der Waals surface area contributed by atoms with Crippen LogP contribution in [0, 0.1) is 0 Å². The molecule has 1 aliphatic rings. The monoisotopic (exact) mass is 217 g/mol. The Bertz CT molecular complexity index is 300. The van der Waals surface area contributed by atoms with Crippen LogP contribution in [-0.4, -0.2) is 32.9 Å². The van der Waals surface area contributed by atoms with E-state index in [9.17, 15) is 14.4 Å². The number of carboxylic acids is 1. The average Bonchev–Trinajstić information content (AvgIpc) is 2.29. The third-order valence-corrected chi connectivity index (χ3v) is 3.31. The van der Waals surface area contributed by atoms with Gasteiger partial charge in [0.25, 0.3) is 0 Å². The van der Waals surface area contributed by atoms with E-state index >= 15 is 0 Å². The first-order chi connectivity index (χ1) is 6.33. The van der Waals surface area contributed by atoms with E-state index in [1.807, 2.05) is 0 Å². The van der Waals surface area contributed by atoms with Gasteiger partial charge < -0.3 is 5.11 Å². The van der Waals surface area contributed by atoms with Gasteiger partial charge in [-0.3, -0.25) is 19.7 Å². The molecule has 0 bridgehead atoms. The second-order valence-electron chi connectivity index (χ2n) is 3.54. The van der Waals surface area contributed by atoms with E-state index in [0.29, 0.717) is 0 Å². The molecule has 0 aromatic carbocycles. The minimum Gasteiger partial charge on any atom is -0.480 e. The summed E-state index contributed by atoms with van der Waals surface area (Å²) in [6.45, 7) is 3.02. The molecule has 0 aliphatic carbocycles. The topological polar surface area (TPSA) is 83.5 Å². The van der Waals surface area contributed by atoms with Crippen molar-refractivity contribution in [3.63, 3.8) is 0 Å². The van der Waals surface area contributed by atoms with Gasteiger partial charge in [0.05, 0.1) is 5.25 Å². The van der Waals surface area contributed by atoms with Crippen LogP contribution in [0.25, 0.3) is 0 Å². The summed E-state index contributed by atoms with van der Waals surface area (Å²) in [5, 5.41) is 10.4. The number of nitrogens with one attached hydrogen (secondary N) is 1. The molecule has 6 heteroatoms. The van der Waals surface area contributed by atoms with Crippen molar-refractivity contribution in [2.45, 2.75) is 30.3 Å². The van der Waals surface area contributed by atoms with Crippen LogP contribution in [0.4, 0.5) is 0 Å². The van der Waals surface area contributed by atoms with Crippen LogP contribution in [0.5, 0.6) is 0 Å². The van der Waals surface area contributed by atoms with E-state index in [0.717, 1.165) is 11.8 Å². The van der Waals surface area contributed by atoms with Crippen LogP contribution >= 0.6 is 11.8 Å². The Hall–Kier alpha value is -1.04. The molecule has 0 radical (unpaired) electrons. The fourth-order valence-electron chi connectivity index (χ4n) is 1.03. The predicted octanol–water partition coefficient (Wildman–Crippen LogP) is -0.00210. The number of carboxylic acid groups (broad SMARTS) is 1. The van der Waals surface area contributed by atoms with Crippen molar-refractivity contribution in [1.82, 2.24) is 5.32 Å². The second-order valence-corrected chi connectivity index (χ2v) is 5.36. The number of carbonyl (C=O) groups excluding carboxylic acids is 2. The van der Waals surface area contributed by atoms with Gasteiger partial charge in [-0.25, -0.2) is 0 Å². The van der Waals surface area contributed by atoms with Crippen LogP contribution in [-0.2, 0) is 14.4 Å². The average molecular weight is 217 g/mol. The zero-order valence-electron chi connectivity index (χ0n) is 7.86. The first kappa shape index (κ1) is 11.0. The van der Waals surface area contributed by atoms with Crippen molar-refractivity contribution in [1.29, 1.82) is 0 Å². The molecular weight excluding hydrogens is 206 g/mol. The summed E-state index contributed by atoms with van der Waals surface area (Å²) in [7, 11) is 0. The summed E-state index contributed by atoms with van der Waals surface area (Å²) in [4.78, 5) is 32.7. The summed E-state index contributed by atoms with van der Waals surface area (Å²) in [5.74, 6) is -1.72. The molecule has 1 atom stereocenters. The van der Waals surface area contributed by atoms with E-state index in [4.69, 9.17) is 5.11 Å². The largest absolute Gasteiger partial charge is 0.480 e. The molecule has 1 fully saturated rings. The molecule has 1 rings (SSSR count). The molecule has 0 aromatic rings.